The highest BCUT2D eigenvalue weighted by Gasteiger charge is 2.14. The molecule has 82 valence electrons. The number of benzene rings is 2. The largest absolute Gasteiger partial charge is 0.453 e. The molecule has 0 aliphatic heterocycles. The highest BCUT2D eigenvalue weighted by atomic mass is 16.3. The van der Waals surface area contributed by atoms with Crippen LogP contribution in [0.15, 0.2) is 59.0 Å². The quantitative estimate of drug-likeness (QED) is 0.615. The van der Waals surface area contributed by atoms with E-state index in [1.54, 1.807) is 0 Å². The summed E-state index contributed by atoms with van der Waals surface area (Å²) in [6, 6.07) is 17.5. The fraction of sp³-hybridized carbons (Fsp3) is 0. The van der Waals surface area contributed by atoms with Crippen LogP contribution in [0.1, 0.15) is 10.6 Å². The maximum atomic E-state index is 11.1. The highest BCUT2D eigenvalue weighted by molar-refractivity contribution is 6.02. The number of hydrogen-bond donors (Lipinski definition) is 0. The molecule has 2 heteroatoms. The highest BCUT2D eigenvalue weighted by Crippen LogP contribution is 2.33. The van der Waals surface area contributed by atoms with Crippen molar-refractivity contribution in [1.29, 1.82) is 0 Å². The number of para-hydroxylation sites is 1. The summed E-state index contributed by atoms with van der Waals surface area (Å²) in [5.74, 6) is 0.386. The second kappa shape index (κ2) is 3.91. The summed E-state index contributed by atoms with van der Waals surface area (Å²) in [6.07, 6.45) is 0.766. The molecular weight excluding hydrogens is 212 g/mol. The second-order valence-electron chi connectivity index (χ2n) is 3.82. The van der Waals surface area contributed by atoms with Crippen LogP contribution in [-0.4, -0.2) is 6.29 Å². The van der Waals surface area contributed by atoms with Crippen molar-refractivity contribution < 1.29 is 9.21 Å². The van der Waals surface area contributed by atoms with Gasteiger partial charge in [-0.15, -0.1) is 0 Å². The van der Waals surface area contributed by atoms with E-state index in [1.807, 2.05) is 54.6 Å². The minimum Gasteiger partial charge on any atom is -0.453 e. The molecule has 0 saturated carbocycles. The summed E-state index contributed by atoms with van der Waals surface area (Å²) >= 11 is 0. The van der Waals surface area contributed by atoms with Gasteiger partial charge in [0.2, 0.25) is 0 Å². The van der Waals surface area contributed by atoms with Crippen molar-refractivity contribution in [3.63, 3.8) is 0 Å². The first kappa shape index (κ1) is 9.85. The molecule has 0 spiro atoms. The topological polar surface area (TPSA) is 30.2 Å². The van der Waals surface area contributed by atoms with Crippen LogP contribution >= 0.6 is 0 Å². The minimum atomic E-state index is 0.386. The first-order valence-corrected chi connectivity index (χ1v) is 5.42. The number of hydrogen-bond acceptors (Lipinski definition) is 2. The smallest absolute Gasteiger partial charge is 0.186 e. The zero-order valence-corrected chi connectivity index (χ0v) is 9.09. The lowest BCUT2D eigenvalue weighted by molar-refractivity contribution is 0.110. The van der Waals surface area contributed by atoms with Gasteiger partial charge in [-0.3, -0.25) is 4.79 Å². The number of rotatable bonds is 2. The van der Waals surface area contributed by atoms with Crippen LogP contribution in [-0.2, 0) is 0 Å². The molecule has 3 rings (SSSR count). The predicted octanol–water partition coefficient (Wildman–Crippen LogP) is 3.91. The lowest BCUT2D eigenvalue weighted by atomic mass is 10.0. The monoisotopic (exact) mass is 222 g/mol. The summed E-state index contributed by atoms with van der Waals surface area (Å²) in [5.41, 5.74) is 2.62. The van der Waals surface area contributed by atoms with Gasteiger partial charge in [0.05, 0.1) is 0 Å². The van der Waals surface area contributed by atoms with E-state index < -0.39 is 0 Å². The standard InChI is InChI=1S/C15H10O2/c16-10-14-15(11-6-2-1-3-7-11)12-8-4-5-9-13(12)17-14/h1-10H. The Morgan fingerprint density at radius 3 is 2.35 bits per heavy atom. The molecule has 0 aliphatic rings. The Morgan fingerprint density at radius 1 is 0.882 bits per heavy atom. The predicted molar refractivity (Wildman–Crippen MR) is 67.0 cm³/mol. The van der Waals surface area contributed by atoms with Crippen LogP contribution in [0.25, 0.3) is 22.1 Å². The van der Waals surface area contributed by atoms with Gasteiger partial charge in [0, 0.05) is 10.9 Å². The molecule has 2 aromatic carbocycles. The van der Waals surface area contributed by atoms with Crippen LogP contribution in [0.3, 0.4) is 0 Å². The van der Waals surface area contributed by atoms with E-state index in [4.69, 9.17) is 4.42 Å². The molecule has 2 nitrogen and oxygen atoms in total. The average molecular weight is 222 g/mol. The minimum absolute atomic E-state index is 0.386. The van der Waals surface area contributed by atoms with Crippen LogP contribution < -0.4 is 0 Å². The Morgan fingerprint density at radius 2 is 1.59 bits per heavy atom. The van der Waals surface area contributed by atoms with Gasteiger partial charge in [-0.25, -0.2) is 0 Å². The molecule has 1 aromatic heterocycles. The molecule has 0 saturated heterocycles. The average Bonchev–Trinajstić information content (AvgIpc) is 2.78. The van der Waals surface area contributed by atoms with Gasteiger partial charge in [0.1, 0.15) is 5.58 Å². The Hall–Kier alpha value is -2.35. The summed E-state index contributed by atoms with van der Waals surface area (Å²) in [6.45, 7) is 0. The molecule has 0 radical (unpaired) electrons. The van der Waals surface area contributed by atoms with Gasteiger partial charge in [0.25, 0.3) is 0 Å². The summed E-state index contributed by atoms with van der Waals surface area (Å²) in [7, 11) is 0. The van der Waals surface area contributed by atoms with Gasteiger partial charge in [-0.2, -0.15) is 0 Å². The first-order chi connectivity index (χ1) is 8.40. The van der Waals surface area contributed by atoms with Crippen molar-refractivity contribution in [1.82, 2.24) is 0 Å². The number of carbonyl (C=O) groups excluding carboxylic acids is 1. The van der Waals surface area contributed by atoms with Crippen LogP contribution in [0.4, 0.5) is 0 Å². The third-order valence-electron chi connectivity index (χ3n) is 2.79. The molecule has 0 atom stereocenters. The molecule has 0 N–H and O–H groups in total. The van der Waals surface area contributed by atoms with Crippen molar-refractivity contribution in [2.24, 2.45) is 0 Å². The lowest BCUT2D eigenvalue weighted by Crippen LogP contribution is -1.81. The first-order valence-electron chi connectivity index (χ1n) is 5.42. The lowest BCUT2D eigenvalue weighted by Gasteiger charge is -1.98. The number of fused-ring (bicyclic) bond motifs is 1. The van der Waals surface area contributed by atoms with Crippen molar-refractivity contribution in [3.05, 3.63) is 60.4 Å². The van der Waals surface area contributed by atoms with Crippen LogP contribution in [0.5, 0.6) is 0 Å². The van der Waals surface area contributed by atoms with Gasteiger partial charge in [0.15, 0.2) is 12.0 Å². The molecule has 0 amide bonds. The van der Waals surface area contributed by atoms with Crippen molar-refractivity contribution in [2.75, 3.05) is 0 Å². The zero-order chi connectivity index (χ0) is 11.7. The Bertz CT molecular complexity index is 666. The van der Waals surface area contributed by atoms with E-state index in [-0.39, 0.29) is 0 Å². The normalized spacial score (nSPS) is 10.6. The molecule has 0 fully saturated rings. The fourth-order valence-corrected chi connectivity index (χ4v) is 2.05. The van der Waals surface area contributed by atoms with Gasteiger partial charge >= 0.3 is 0 Å². The summed E-state index contributed by atoms with van der Waals surface area (Å²) in [5, 5.41) is 0.973. The Kier molecular flexibility index (Phi) is 2.26. The zero-order valence-electron chi connectivity index (χ0n) is 9.09. The van der Waals surface area contributed by atoms with E-state index in [0.29, 0.717) is 5.76 Å². The van der Waals surface area contributed by atoms with Crippen LogP contribution in [0, 0.1) is 0 Å². The fourth-order valence-electron chi connectivity index (χ4n) is 2.05. The number of aldehydes is 1. The van der Waals surface area contributed by atoms with Gasteiger partial charge < -0.3 is 4.42 Å². The Balaban J connectivity index is 2.38. The third-order valence-corrected chi connectivity index (χ3v) is 2.79. The maximum Gasteiger partial charge on any atom is 0.186 e. The van der Waals surface area contributed by atoms with Gasteiger partial charge in [-0.1, -0.05) is 48.5 Å². The molecule has 17 heavy (non-hydrogen) atoms. The molecule has 0 unspecified atom stereocenters. The molecule has 0 aliphatic carbocycles. The van der Waals surface area contributed by atoms with E-state index in [0.717, 1.165) is 28.4 Å². The van der Waals surface area contributed by atoms with Crippen molar-refractivity contribution in [3.8, 4) is 11.1 Å². The number of carbonyl (C=O) groups is 1. The SMILES string of the molecule is O=Cc1oc2ccccc2c1-c1ccccc1. The van der Waals surface area contributed by atoms with E-state index in [9.17, 15) is 4.79 Å². The molecule has 0 bridgehead atoms. The second-order valence-corrected chi connectivity index (χ2v) is 3.82. The molecule has 1 heterocycles. The molecule has 3 aromatic rings. The van der Waals surface area contributed by atoms with Crippen molar-refractivity contribution >= 4 is 17.3 Å². The van der Waals surface area contributed by atoms with E-state index in [1.165, 1.54) is 0 Å². The number of furan rings is 1. The van der Waals surface area contributed by atoms with E-state index >= 15 is 0 Å². The summed E-state index contributed by atoms with van der Waals surface area (Å²) in [4.78, 5) is 11.1. The Labute approximate surface area is 98.5 Å². The maximum absolute atomic E-state index is 11.1. The van der Waals surface area contributed by atoms with E-state index in [2.05, 4.69) is 0 Å². The molecular formula is C15H10O2. The summed E-state index contributed by atoms with van der Waals surface area (Å²) < 4.78 is 5.53. The third kappa shape index (κ3) is 1.54. The van der Waals surface area contributed by atoms with Crippen molar-refractivity contribution in [2.45, 2.75) is 0 Å². The van der Waals surface area contributed by atoms with Crippen LogP contribution in [0.2, 0.25) is 0 Å². The van der Waals surface area contributed by atoms with Gasteiger partial charge in [-0.05, 0) is 11.6 Å².